The molecule has 0 fully saturated rings. The zero-order valence-electron chi connectivity index (χ0n) is 39.0. The summed E-state index contributed by atoms with van der Waals surface area (Å²) in [5, 5.41) is 5.98. The van der Waals surface area contributed by atoms with Crippen LogP contribution in [0.2, 0.25) is 19.6 Å². The van der Waals surface area contributed by atoms with Crippen LogP contribution in [0.25, 0.3) is 60.6 Å². The van der Waals surface area contributed by atoms with Crippen LogP contribution < -0.4 is 5.19 Å². The van der Waals surface area contributed by atoms with E-state index in [2.05, 4.69) is 148 Å². The van der Waals surface area contributed by atoms with Gasteiger partial charge in [-0.2, -0.15) is 0 Å². The van der Waals surface area contributed by atoms with Crippen LogP contribution >= 0.6 is 11.3 Å². The number of rotatable bonds is 8. The number of thiophene rings is 1. The van der Waals surface area contributed by atoms with Crippen molar-refractivity contribution in [3.05, 3.63) is 156 Å². The molecule has 8 rings (SSSR count). The monoisotopic (exact) mass is 1000 g/mol. The molecule has 3 aromatic heterocycles. The number of imidazole rings is 1. The van der Waals surface area contributed by atoms with E-state index in [1.807, 2.05) is 75.4 Å². The summed E-state index contributed by atoms with van der Waals surface area (Å²) in [5.41, 5.74) is 11.4. The Morgan fingerprint density at radius 2 is 1.47 bits per heavy atom. The first-order valence-electron chi connectivity index (χ1n) is 21.8. The molecule has 0 saturated heterocycles. The third kappa shape index (κ3) is 10.5. The summed E-state index contributed by atoms with van der Waals surface area (Å²) in [7, 11) is -1.34. The largest absolute Gasteiger partial charge is 0.333 e. The first-order chi connectivity index (χ1) is 28.7. The van der Waals surface area contributed by atoms with Gasteiger partial charge in [-0.3, -0.25) is 16.3 Å². The standard InChI is InChI=1S/C36H35N2S.C18H24NSi.Ir/c1-35(2,3)22-24-11-20-33-29(21-24)30(23-39-33)34-37-31-9-7-8-10-32(31)38(34)28-18-14-26(15-19-28)25-12-16-27(17-13-25)36(4,5)6;1-14(2)11-16-12-17(15-9-7-6-8-10-15)19-13-18(16)20(3,4)5;/h7-21H,22H2,1-6H3;6-9,12-14H,11H2,1-5H3;/q2*-1;/i22D2;;. The Balaban J connectivity index is 0.000000258. The van der Waals surface area contributed by atoms with E-state index in [9.17, 15) is 0 Å². The summed E-state index contributed by atoms with van der Waals surface area (Å²) in [6, 6.07) is 45.2. The maximum absolute atomic E-state index is 8.86. The van der Waals surface area contributed by atoms with E-state index in [1.54, 1.807) is 11.3 Å². The van der Waals surface area contributed by atoms with Crippen LogP contribution in [-0.2, 0) is 38.3 Å². The van der Waals surface area contributed by atoms with Gasteiger partial charge in [-0.05, 0) is 81.4 Å². The molecule has 0 aliphatic rings. The Kier molecular flexibility index (Phi) is 12.9. The molecule has 5 aromatic carbocycles. The number of aromatic nitrogens is 3. The predicted octanol–water partition coefficient (Wildman–Crippen LogP) is 14.6. The second-order valence-electron chi connectivity index (χ2n) is 19.1. The zero-order chi connectivity index (χ0) is 43.9. The van der Waals surface area contributed by atoms with Crippen molar-refractivity contribution in [1.29, 1.82) is 0 Å². The van der Waals surface area contributed by atoms with Gasteiger partial charge < -0.3 is 9.55 Å². The molecule has 0 unspecified atom stereocenters. The van der Waals surface area contributed by atoms with Crippen molar-refractivity contribution in [3.8, 4) is 39.5 Å². The van der Waals surface area contributed by atoms with Gasteiger partial charge in [0.1, 0.15) is 0 Å². The Bertz CT molecular complexity index is 2770. The number of nitrogens with zero attached hydrogens (tertiary/aromatic N) is 3. The Morgan fingerprint density at radius 3 is 2.08 bits per heavy atom. The minimum Gasteiger partial charge on any atom is -0.333 e. The van der Waals surface area contributed by atoms with Crippen molar-refractivity contribution >= 4 is 45.7 Å². The maximum Gasteiger partial charge on any atom is 0.0798 e. The van der Waals surface area contributed by atoms with Gasteiger partial charge in [0.05, 0.1) is 24.9 Å². The van der Waals surface area contributed by atoms with Crippen molar-refractivity contribution in [2.75, 3.05) is 0 Å². The molecule has 1 radical (unpaired) electrons. The van der Waals surface area contributed by atoms with Crippen molar-refractivity contribution < 1.29 is 22.8 Å². The quantitative estimate of drug-likeness (QED) is 0.112. The summed E-state index contributed by atoms with van der Waals surface area (Å²) in [6.07, 6.45) is 1.75. The molecule has 0 N–H and O–H groups in total. The summed E-state index contributed by atoms with van der Waals surface area (Å²) in [6.45, 7) is 24.3. The molecule has 0 amide bonds. The van der Waals surface area contributed by atoms with Gasteiger partial charge >= 0.3 is 0 Å². The molecule has 60 heavy (non-hydrogen) atoms. The topological polar surface area (TPSA) is 30.7 Å². The van der Waals surface area contributed by atoms with Crippen LogP contribution in [0.5, 0.6) is 0 Å². The van der Waals surface area contributed by atoms with Crippen LogP contribution in [0.15, 0.2) is 128 Å². The summed E-state index contributed by atoms with van der Waals surface area (Å²) >= 11 is 1.55. The third-order valence-electron chi connectivity index (χ3n) is 10.4. The van der Waals surface area contributed by atoms with Gasteiger partial charge in [-0.15, -0.1) is 47.3 Å². The average molecular weight is 1000 g/mol. The molecule has 0 aliphatic carbocycles. The van der Waals surface area contributed by atoms with Crippen molar-refractivity contribution in [2.45, 2.75) is 93.2 Å². The van der Waals surface area contributed by atoms with Crippen LogP contribution in [0, 0.1) is 22.8 Å². The summed E-state index contributed by atoms with van der Waals surface area (Å²) in [5.74, 6) is 1.48. The number of para-hydroxylation sites is 2. The predicted molar refractivity (Wildman–Crippen MR) is 258 cm³/mol. The van der Waals surface area contributed by atoms with Gasteiger partial charge in [0.25, 0.3) is 0 Å². The van der Waals surface area contributed by atoms with Crippen molar-refractivity contribution in [3.63, 3.8) is 0 Å². The van der Waals surface area contributed by atoms with E-state index in [0.717, 1.165) is 55.9 Å². The van der Waals surface area contributed by atoms with Crippen LogP contribution in [0.4, 0.5) is 0 Å². The fraction of sp³-hybridized carbons (Fsp3) is 0.296. The van der Waals surface area contributed by atoms with Crippen LogP contribution in [-0.4, -0.2) is 22.6 Å². The molecule has 0 aliphatic heterocycles. The molecule has 311 valence electrons. The molecule has 8 aromatic rings. The van der Waals surface area contributed by atoms with Crippen molar-refractivity contribution in [2.24, 2.45) is 11.3 Å². The maximum atomic E-state index is 8.86. The number of pyridine rings is 1. The van der Waals surface area contributed by atoms with E-state index in [4.69, 9.17) is 7.73 Å². The van der Waals surface area contributed by atoms with E-state index < -0.39 is 19.9 Å². The second-order valence-corrected chi connectivity index (χ2v) is 25.0. The van der Waals surface area contributed by atoms with E-state index in [-0.39, 0.29) is 25.5 Å². The van der Waals surface area contributed by atoms with Gasteiger partial charge in [0, 0.05) is 34.7 Å². The first-order valence-corrected chi connectivity index (χ1v) is 25.1. The fourth-order valence-electron chi connectivity index (χ4n) is 7.55. The average Bonchev–Trinajstić information content (AvgIpc) is 3.81. The minimum atomic E-state index is -1.48. The summed E-state index contributed by atoms with van der Waals surface area (Å²) in [4.78, 5) is 9.77. The Labute approximate surface area is 380 Å². The van der Waals surface area contributed by atoms with Crippen LogP contribution in [0.3, 0.4) is 0 Å². The Hall–Kier alpha value is -4.45. The molecular weight excluding hydrogens is 943 g/mol. The SMILES string of the molecule is CC(C)Cc1cc(-c2[c-]cccc2)ncc1[Si](C)(C)C.[2H]C([2H])(c1ccc2s[c-]c(-c3nc4ccccc4n3-c3ccc(-c4ccc(C(C)(C)C)cc4)cc3)c2c1)C(C)(C)C.[Ir]. The molecule has 0 bridgehead atoms. The molecule has 6 heteroatoms. The number of hydrogen-bond donors (Lipinski definition) is 0. The van der Waals surface area contributed by atoms with Gasteiger partial charge in [-0.25, -0.2) is 0 Å². The third-order valence-corrected chi connectivity index (χ3v) is 13.4. The van der Waals surface area contributed by atoms with E-state index in [1.165, 1.54) is 27.4 Å². The molecule has 3 heterocycles. The normalized spacial score (nSPS) is 12.8. The minimum absolute atomic E-state index is 0. The Morgan fingerprint density at radius 1 is 0.800 bits per heavy atom. The summed E-state index contributed by atoms with van der Waals surface area (Å²) < 4.78 is 21.0. The number of hydrogen-bond acceptors (Lipinski definition) is 3. The fourth-order valence-corrected chi connectivity index (χ4v) is 9.96. The smallest absolute Gasteiger partial charge is 0.0798 e. The molecule has 0 saturated carbocycles. The molecule has 0 atom stereocenters. The van der Waals surface area contributed by atoms with E-state index >= 15 is 0 Å². The molecule has 3 nitrogen and oxygen atoms in total. The van der Waals surface area contributed by atoms with Crippen molar-refractivity contribution in [1.82, 2.24) is 14.5 Å². The van der Waals surface area contributed by atoms with Gasteiger partial charge in [0.15, 0.2) is 0 Å². The molecular formula is C54H59IrN3SSi-2. The number of fused-ring (bicyclic) bond motifs is 2. The van der Waals surface area contributed by atoms with Gasteiger partial charge in [-0.1, -0.05) is 169 Å². The van der Waals surface area contributed by atoms with Crippen LogP contribution in [0.1, 0.15) is 74.8 Å². The second kappa shape index (κ2) is 18.3. The van der Waals surface area contributed by atoms with Gasteiger partial charge in [0.2, 0.25) is 0 Å². The first kappa shape index (κ1) is 42.2. The van der Waals surface area contributed by atoms with E-state index in [0.29, 0.717) is 11.5 Å². The molecule has 0 spiro atoms. The number of benzene rings is 5. The zero-order valence-corrected chi connectivity index (χ0v) is 41.2.